The summed E-state index contributed by atoms with van der Waals surface area (Å²) in [5, 5.41) is 20.1. The monoisotopic (exact) mass is 434 g/mol. The second-order valence-electron chi connectivity index (χ2n) is 7.66. The van der Waals surface area contributed by atoms with Gasteiger partial charge in [0.25, 0.3) is 0 Å². The summed E-state index contributed by atoms with van der Waals surface area (Å²) in [6, 6.07) is 17.1. The Hall–Kier alpha value is -2.42. The third kappa shape index (κ3) is 7.12. The lowest BCUT2D eigenvalue weighted by Crippen LogP contribution is -2.44. The van der Waals surface area contributed by atoms with Gasteiger partial charge in [0.15, 0.2) is 0 Å². The highest BCUT2D eigenvalue weighted by molar-refractivity contribution is 7.89. The molecule has 0 bridgehead atoms. The van der Waals surface area contributed by atoms with E-state index in [2.05, 4.69) is 0 Å². The van der Waals surface area contributed by atoms with E-state index in [1.54, 1.807) is 30.3 Å². The fourth-order valence-corrected chi connectivity index (χ4v) is 4.53. The quantitative estimate of drug-likeness (QED) is 0.566. The summed E-state index contributed by atoms with van der Waals surface area (Å²) in [5.41, 5.74) is 0.792. The van der Waals surface area contributed by atoms with Crippen LogP contribution >= 0.6 is 0 Å². The van der Waals surface area contributed by atoms with Crippen LogP contribution in [-0.4, -0.2) is 59.7 Å². The maximum absolute atomic E-state index is 13.1. The molecule has 0 saturated carbocycles. The van der Waals surface area contributed by atoms with Crippen LogP contribution < -0.4 is 0 Å². The zero-order valence-corrected chi connectivity index (χ0v) is 18.2. The predicted molar refractivity (Wildman–Crippen MR) is 116 cm³/mol. The van der Waals surface area contributed by atoms with Gasteiger partial charge in [0, 0.05) is 19.6 Å². The summed E-state index contributed by atoms with van der Waals surface area (Å²) in [6.07, 6.45) is -1.70. The molecule has 2 aromatic carbocycles. The number of aliphatic hydroxyl groups is 1. The van der Waals surface area contributed by atoms with Gasteiger partial charge in [-0.15, -0.1) is 0 Å². The molecule has 2 rings (SSSR count). The van der Waals surface area contributed by atoms with Gasteiger partial charge in [0.1, 0.15) is 0 Å². The highest BCUT2D eigenvalue weighted by Crippen LogP contribution is 2.18. The molecule has 0 unspecified atom stereocenters. The lowest BCUT2D eigenvalue weighted by molar-refractivity contribution is 0.0820. The van der Waals surface area contributed by atoms with E-state index in [1.165, 1.54) is 16.4 Å². The van der Waals surface area contributed by atoms with E-state index in [1.807, 2.05) is 32.0 Å². The lowest BCUT2D eigenvalue weighted by Gasteiger charge is -2.28. The molecule has 1 amide bonds. The molecule has 0 aliphatic rings. The van der Waals surface area contributed by atoms with Crippen LogP contribution in [0.5, 0.6) is 0 Å². The van der Waals surface area contributed by atoms with Gasteiger partial charge in [-0.2, -0.15) is 4.31 Å². The Morgan fingerprint density at radius 2 is 1.53 bits per heavy atom. The average Bonchev–Trinajstić information content (AvgIpc) is 2.71. The maximum atomic E-state index is 13.1. The zero-order valence-electron chi connectivity index (χ0n) is 17.4. The minimum absolute atomic E-state index is 0.116. The Morgan fingerprint density at radius 1 is 0.967 bits per heavy atom. The third-order valence-corrected chi connectivity index (χ3v) is 6.55. The number of amides is 1. The molecule has 2 N–H and O–H groups in total. The molecule has 0 fully saturated rings. The number of carbonyl (C=O) groups is 1. The molecule has 0 aliphatic heterocycles. The molecule has 0 spiro atoms. The Kier molecular flexibility index (Phi) is 8.83. The summed E-state index contributed by atoms with van der Waals surface area (Å²) in [7, 11) is -3.80. The van der Waals surface area contributed by atoms with Crippen LogP contribution in [0, 0.1) is 5.92 Å². The van der Waals surface area contributed by atoms with Crippen molar-refractivity contribution in [2.45, 2.75) is 37.8 Å². The first-order valence-corrected chi connectivity index (χ1v) is 11.4. The molecule has 164 valence electrons. The lowest BCUT2D eigenvalue weighted by atomic mass is 10.1. The van der Waals surface area contributed by atoms with Gasteiger partial charge in [0.2, 0.25) is 10.0 Å². The number of rotatable bonds is 11. The Morgan fingerprint density at radius 3 is 2.07 bits per heavy atom. The molecule has 1 atom stereocenters. The Bertz CT molecular complexity index is 888. The van der Waals surface area contributed by atoms with E-state index in [-0.39, 0.29) is 37.0 Å². The van der Waals surface area contributed by atoms with E-state index in [0.717, 1.165) is 10.5 Å². The smallest absolute Gasteiger partial charge is 0.407 e. The predicted octanol–water partition coefficient (Wildman–Crippen LogP) is 3.26. The maximum Gasteiger partial charge on any atom is 0.407 e. The van der Waals surface area contributed by atoms with E-state index in [9.17, 15) is 23.4 Å². The molecular formula is C22H30N2O5S. The molecular weight excluding hydrogens is 404 g/mol. The topological polar surface area (TPSA) is 98.2 Å². The van der Waals surface area contributed by atoms with E-state index in [4.69, 9.17) is 0 Å². The van der Waals surface area contributed by atoms with Crippen molar-refractivity contribution in [1.29, 1.82) is 0 Å². The SMILES string of the molecule is CC(C)CCN(C[C@H](O)CN(Cc1ccccc1)C(=O)O)S(=O)(=O)c1ccccc1. The normalized spacial score (nSPS) is 12.8. The van der Waals surface area contributed by atoms with Gasteiger partial charge in [-0.1, -0.05) is 62.4 Å². The largest absolute Gasteiger partial charge is 0.465 e. The Balaban J connectivity index is 2.14. The summed E-state index contributed by atoms with van der Waals surface area (Å²) < 4.78 is 27.4. The van der Waals surface area contributed by atoms with E-state index < -0.39 is 22.2 Å². The van der Waals surface area contributed by atoms with Crippen molar-refractivity contribution in [3.63, 3.8) is 0 Å². The molecule has 0 aromatic heterocycles. The van der Waals surface area contributed by atoms with Gasteiger partial charge >= 0.3 is 6.09 Å². The number of hydrogen-bond donors (Lipinski definition) is 2. The van der Waals surface area contributed by atoms with Gasteiger partial charge in [0.05, 0.1) is 17.5 Å². The number of hydrogen-bond acceptors (Lipinski definition) is 4. The van der Waals surface area contributed by atoms with E-state index >= 15 is 0 Å². The number of benzene rings is 2. The summed E-state index contributed by atoms with van der Waals surface area (Å²) in [6.45, 7) is 3.99. The second-order valence-corrected chi connectivity index (χ2v) is 9.60. The van der Waals surface area contributed by atoms with Crippen LogP contribution in [0.1, 0.15) is 25.8 Å². The minimum atomic E-state index is -3.80. The number of nitrogens with zero attached hydrogens (tertiary/aromatic N) is 2. The summed E-state index contributed by atoms with van der Waals surface area (Å²) in [4.78, 5) is 12.9. The first-order chi connectivity index (χ1) is 14.2. The van der Waals surface area contributed by atoms with Gasteiger partial charge < -0.3 is 15.1 Å². The van der Waals surface area contributed by atoms with Gasteiger partial charge in [-0.05, 0) is 30.0 Å². The van der Waals surface area contributed by atoms with Crippen LogP contribution in [0.3, 0.4) is 0 Å². The van der Waals surface area contributed by atoms with Crippen molar-refractivity contribution in [3.8, 4) is 0 Å². The Labute approximate surface area is 178 Å². The standard InChI is InChI=1S/C22H30N2O5S/c1-18(2)13-14-24(30(28,29)21-11-7-4-8-12-21)17-20(25)16-23(22(26)27)15-19-9-5-3-6-10-19/h3-12,18,20,25H,13-17H2,1-2H3,(H,26,27)/t20-/m1/s1. The zero-order chi connectivity index (χ0) is 22.1. The summed E-state index contributed by atoms with van der Waals surface area (Å²) >= 11 is 0. The fraction of sp³-hybridized carbons (Fsp3) is 0.409. The van der Waals surface area contributed by atoms with Gasteiger partial charge in [-0.3, -0.25) is 0 Å². The number of aliphatic hydroxyl groups excluding tert-OH is 1. The van der Waals surface area contributed by atoms with Crippen molar-refractivity contribution >= 4 is 16.1 Å². The van der Waals surface area contributed by atoms with E-state index in [0.29, 0.717) is 6.42 Å². The van der Waals surface area contributed by atoms with Crippen LogP contribution in [0.15, 0.2) is 65.6 Å². The number of sulfonamides is 1. The molecule has 30 heavy (non-hydrogen) atoms. The molecule has 0 heterocycles. The van der Waals surface area contributed by atoms with Crippen molar-refractivity contribution in [3.05, 3.63) is 66.2 Å². The molecule has 2 aromatic rings. The molecule has 8 heteroatoms. The molecule has 0 saturated heterocycles. The van der Waals surface area contributed by atoms with Crippen LogP contribution in [-0.2, 0) is 16.6 Å². The minimum Gasteiger partial charge on any atom is -0.465 e. The molecule has 7 nitrogen and oxygen atoms in total. The van der Waals surface area contributed by atoms with Crippen molar-refractivity contribution in [2.24, 2.45) is 5.92 Å². The van der Waals surface area contributed by atoms with Gasteiger partial charge in [-0.25, -0.2) is 13.2 Å². The molecule has 0 aliphatic carbocycles. The van der Waals surface area contributed by atoms with Crippen molar-refractivity contribution < 1.29 is 23.4 Å². The first kappa shape index (κ1) is 23.9. The van der Waals surface area contributed by atoms with Crippen molar-refractivity contribution in [1.82, 2.24) is 9.21 Å². The highest BCUT2D eigenvalue weighted by Gasteiger charge is 2.28. The third-order valence-electron chi connectivity index (χ3n) is 4.67. The first-order valence-electron chi connectivity index (χ1n) is 9.95. The average molecular weight is 435 g/mol. The number of carboxylic acid groups (broad SMARTS) is 1. The second kappa shape index (κ2) is 11.1. The van der Waals surface area contributed by atoms with Crippen molar-refractivity contribution in [2.75, 3.05) is 19.6 Å². The van der Waals surface area contributed by atoms with Crippen LogP contribution in [0.25, 0.3) is 0 Å². The molecule has 0 radical (unpaired) electrons. The summed E-state index contributed by atoms with van der Waals surface area (Å²) in [5.74, 6) is 0.282. The van der Waals surface area contributed by atoms with Crippen LogP contribution in [0.2, 0.25) is 0 Å². The van der Waals surface area contributed by atoms with Crippen LogP contribution in [0.4, 0.5) is 4.79 Å². The fourth-order valence-electron chi connectivity index (χ4n) is 3.01. The highest BCUT2D eigenvalue weighted by atomic mass is 32.2.